The second kappa shape index (κ2) is 3.45. The van der Waals surface area contributed by atoms with Gasteiger partial charge >= 0.3 is 0 Å². The van der Waals surface area contributed by atoms with Crippen LogP contribution in [0.4, 0.5) is 0 Å². The van der Waals surface area contributed by atoms with Crippen LogP contribution >= 0.6 is 0 Å². The summed E-state index contributed by atoms with van der Waals surface area (Å²) in [6.07, 6.45) is 0. The second-order valence-corrected chi connectivity index (χ2v) is 2.17. The molecule has 0 atom stereocenters. The average Bonchev–Trinajstić information content (AvgIpc) is 2.05. The van der Waals surface area contributed by atoms with Crippen molar-refractivity contribution in [2.75, 3.05) is 26.2 Å². The van der Waals surface area contributed by atoms with Crippen LogP contribution < -0.4 is 5.32 Å². The maximum atomic E-state index is 9.78. The quantitative estimate of drug-likeness (QED) is 0.355. The highest BCUT2D eigenvalue weighted by molar-refractivity contribution is 4.49. The minimum Gasteiger partial charge on any atom is -0.344 e. The molecule has 1 rings (SSSR count). The van der Waals surface area contributed by atoms with Gasteiger partial charge in [-0.05, 0) is 0 Å². The molecule has 10 heavy (non-hydrogen) atoms. The van der Waals surface area contributed by atoms with E-state index in [0.717, 1.165) is 13.1 Å². The first-order valence-corrected chi connectivity index (χ1v) is 3.23. The van der Waals surface area contributed by atoms with E-state index in [9.17, 15) is 4.91 Å². The first-order valence-electron chi connectivity index (χ1n) is 3.23. The zero-order chi connectivity index (χ0) is 7.40. The van der Waals surface area contributed by atoms with E-state index in [2.05, 4.69) is 10.6 Å². The largest absolute Gasteiger partial charge is 0.344 e. The smallest absolute Gasteiger partial charge is 0.0962 e. The van der Waals surface area contributed by atoms with E-state index in [1.807, 2.05) is 0 Å². The highest BCUT2D eigenvalue weighted by Gasteiger charge is 2.17. The molecular formula is C4H11N4O2+. The van der Waals surface area contributed by atoms with Crippen LogP contribution in [0, 0.1) is 4.91 Å². The molecule has 0 amide bonds. The van der Waals surface area contributed by atoms with E-state index < -0.39 is 0 Å². The lowest BCUT2D eigenvalue weighted by Crippen LogP contribution is -2.90. The van der Waals surface area contributed by atoms with Crippen LogP contribution in [0.5, 0.6) is 0 Å². The molecule has 0 spiro atoms. The summed E-state index contributed by atoms with van der Waals surface area (Å²) >= 11 is 0. The third kappa shape index (κ3) is 1.63. The van der Waals surface area contributed by atoms with Crippen LogP contribution in [0.1, 0.15) is 0 Å². The maximum absolute atomic E-state index is 9.78. The fraction of sp³-hybridized carbons (Fsp3) is 1.00. The molecule has 58 valence electrons. The van der Waals surface area contributed by atoms with Gasteiger partial charge in [-0.3, -0.25) is 5.21 Å². The van der Waals surface area contributed by atoms with Crippen LogP contribution in [0.2, 0.25) is 0 Å². The minimum atomic E-state index is 0.368. The van der Waals surface area contributed by atoms with Gasteiger partial charge in [0.1, 0.15) is 0 Å². The standard InChI is InChI=1S/C4H10N4O2/c9-6-8(10)7-3-1-5-2-4-7/h5,10H,1-4H2/p+1. The lowest BCUT2D eigenvalue weighted by Gasteiger charge is -2.26. The molecule has 1 fully saturated rings. The Balaban J connectivity index is 2.30. The van der Waals surface area contributed by atoms with Gasteiger partial charge in [-0.1, -0.05) is 5.28 Å². The lowest BCUT2D eigenvalue weighted by molar-refractivity contribution is -0.668. The van der Waals surface area contributed by atoms with Gasteiger partial charge in [0.15, 0.2) is 0 Å². The summed E-state index contributed by atoms with van der Waals surface area (Å²) in [5.41, 5.74) is 0. The Morgan fingerprint density at radius 1 is 1.50 bits per heavy atom. The molecule has 6 nitrogen and oxygen atoms in total. The number of hydrazine groups is 1. The highest BCUT2D eigenvalue weighted by Crippen LogP contribution is 1.92. The van der Waals surface area contributed by atoms with Crippen molar-refractivity contribution in [2.45, 2.75) is 0 Å². The van der Waals surface area contributed by atoms with Crippen molar-refractivity contribution < 1.29 is 10.5 Å². The van der Waals surface area contributed by atoms with Gasteiger partial charge in [-0.15, -0.1) is 4.91 Å². The molecule has 0 unspecified atom stereocenters. The van der Waals surface area contributed by atoms with Crippen LogP contribution in [0.25, 0.3) is 0 Å². The van der Waals surface area contributed by atoms with Crippen molar-refractivity contribution in [2.24, 2.45) is 5.29 Å². The normalized spacial score (nSPS) is 20.5. The van der Waals surface area contributed by atoms with E-state index in [0.29, 0.717) is 18.4 Å². The van der Waals surface area contributed by atoms with Crippen LogP contribution in [0.3, 0.4) is 0 Å². The topological polar surface area (TPSA) is 72.8 Å². The fourth-order valence-corrected chi connectivity index (χ4v) is 0.967. The van der Waals surface area contributed by atoms with Gasteiger partial charge < -0.3 is 5.32 Å². The second-order valence-electron chi connectivity index (χ2n) is 2.17. The number of hydrogen-bond acceptors (Lipinski definition) is 4. The SMILES string of the molecule is O=NN(O)N1CC[NH2+]CC1. The third-order valence-corrected chi connectivity index (χ3v) is 1.51. The molecule has 0 bridgehead atoms. The molecule has 1 saturated heterocycles. The molecule has 3 N–H and O–H groups in total. The monoisotopic (exact) mass is 147 g/mol. The minimum absolute atomic E-state index is 0.368. The molecular weight excluding hydrogens is 136 g/mol. The zero-order valence-corrected chi connectivity index (χ0v) is 5.60. The summed E-state index contributed by atoms with van der Waals surface area (Å²) in [5.74, 6) is 0. The summed E-state index contributed by atoms with van der Waals surface area (Å²) < 4.78 is 0. The van der Waals surface area contributed by atoms with Crippen LogP contribution in [-0.4, -0.2) is 41.7 Å². The number of nitroso groups, excluding NO2 is 1. The fourth-order valence-electron chi connectivity index (χ4n) is 0.967. The van der Waals surface area contributed by atoms with Gasteiger partial charge in [0.25, 0.3) is 0 Å². The van der Waals surface area contributed by atoms with Crippen molar-refractivity contribution in [3.05, 3.63) is 4.91 Å². The van der Waals surface area contributed by atoms with Crippen molar-refractivity contribution in [1.82, 2.24) is 10.3 Å². The molecule has 0 aliphatic carbocycles. The summed E-state index contributed by atoms with van der Waals surface area (Å²) in [7, 11) is 0. The number of rotatable bonds is 2. The Bertz CT molecular complexity index is 114. The number of nitrogens with zero attached hydrogens (tertiary/aromatic N) is 3. The van der Waals surface area contributed by atoms with E-state index in [4.69, 9.17) is 5.21 Å². The Kier molecular flexibility index (Phi) is 2.55. The van der Waals surface area contributed by atoms with Gasteiger partial charge in [0, 0.05) is 0 Å². The number of piperazine rings is 1. The molecule has 0 saturated carbocycles. The number of quaternary nitrogens is 1. The van der Waals surface area contributed by atoms with Gasteiger partial charge in [0.2, 0.25) is 0 Å². The van der Waals surface area contributed by atoms with Gasteiger partial charge in [-0.25, -0.2) is 0 Å². The summed E-state index contributed by atoms with van der Waals surface area (Å²) in [5, 5.41) is 15.1. The van der Waals surface area contributed by atoms with Gasteiger partial charge in [-0.2, -0.15) is 5.01 Å². The van der Waals surface area contributed by atoms with Gasteiger partial charge in [0.05, 0.1) is 31.5 Å². The molecule has 1 aliphatic heterocycles. The lowest BCUT2D eigenvalue weighted by atomic mass is 10.4. The van der Waals surface area contributed by atoms with E-state index in [1.165, 1.54) is 5.01 Å². The van der Waals surface area contributed by atoms with Crippen molar-refractivity contribution in [1.29, 1.82) is 0 Å². The summed E-state index contributed by atoms with van der Waals surface area (Å²) in [6.45, 7) is 3.13. The van der Waals surface area contributed by atoms with Crippen LogP contribution in [-0.2, 0) is 0 Å². The summed E-state index contributed by atoms with van der Waals surface area (Å²) in [6, 6.07) is 0. The zero-order valence-electron chi connectivity index (χ0n) is 5.60. The predicted octanol–water partition coefficient (Wildman–Crippen LogP) is -1.85. The third-order valence-electron chi connectivity index (χ3n) is 1.51. The van der Waals surface area contributed by atoms with E-state index in [-0.39, 0.29) is 0 Å². The molecule has 0 aromatic heterocycles. The molecule has 1 aliphatic rings. The Morgan fingerprint density at radius 3 is 2.60 bits per heavy atom. The maximum Gasteiger partial charge on any atom is 0.0962 e. The van der Waals surface area contributed by atoms with Crippen molar-refractivity contribution in [3.63, 3.8) is 0 Å². The molecule has 0 aromatic rings. The summed E-state index contributed by atoms with van der Waals surface area (Å²) in [4.78, 5) is 9.78. The Hall–Kier alpha value is -0.720. The first kappa shape index (κ1) is 7.39. The average molecular weight is 147 g/mol. The molecule has 0 radical (unpaired) electrons. The van der Waals surface area contributed by atoms with E-state index >= 15 is 0 Å². The molecule has 1 heterocycles. The Morgan fingerprint density at radius 2 is 2.10 bits per heavy atom. The predicted molar refractivity (Wildman–Crippen MR) is 32.7 cm³/mol. The number of hydrogen-bond donors (Lipinski definition) is 2. The molecule has 6 heteroatoms. The highest BCUT2D eigenvalue weighted by atomic mass is 16.6. The van der Waals surface area contributed by atoms with Crippen molar-refractivity contribution >= 4 is 0 Å². The van der Waals surface area contributed by atoms with E-state index in [1.54, 1.807) is 0 Å². The Labute approximate surface area is 58.3 Å². The van der Waals surface area contributed by atoms with Crippen molar-refractivity contribution in [3.8, 4) is 0 Å². The molecule has 0 aromatic carbocycles. The van der Waals surface area contributed by atoms with Crippen LogP contribution in [0.15, 0.2) is 5.29 Å². The number of nitrogens with two attached hydrogens (primary N) is 1. The first-order chi connectivity index (χ1) is 4.84.